The largest absolute Gasteiger partial charge is 0.325 e. The molecule has 0 aliphatic rings. The first-order valence-corrected chi connectivity index (χ1v) is 4.56. The lowest BCUT2D eigenvalue weighted by Crippen LogP contribution is -2.24. The van der Waals surface area contributed by atoms with E-state index < -0.39 is 12.5 Å². The lowest BCUT2D eigenvalue weighted by atomic mass is 10.1. The van der Waals surface area contributed by atoms with Gasteiger partial charge in [0.05, 0.1) is 12.1 Å². The van der Waals surface area contributed by atoms with Crippen LogP contribution in [0.25, 0.3) is 10.9 Å². The van der Waals surface area contributed by atoms with Gasteiger partial charge in [0.15, 0.2) is 0 Å². The Kier molecular flexibility index (Phi) is 2.36. The Morgan fingerprint density at radius 2 is 2.07 bits per heavy atom. The molecule has 0 aliphatic carbocycles. The van der Waals surface area contributed by atoms with E-state index in [-0.39, 0.29) is 5.56 Å². The number of hydrogen-bond acceptors (Lipinski definition) is 2. The smallest absolute Gasteiger partial charge is 0.285 e. The number of benzene rings is 1. The van der Waals surface area contributed by atoms with E-state index in [2.05, 4.69) is 4.98 Å². The van der Waals surface area contributed by atoms with Gasteiger partial charge in [0.1, 0.15) is 0 Å². The van der Waals surface area contributed by atoms with E-state index in [0.29, 0.717) is 5.52 Å². The molecular formula is C11H10F2N2. The second-order valence-corrected chi connectivity index (χ2v) is 3.32. The van der Waals surface area contributed by atoms with Crippen LogP contribution in [-0.4, -0.2) is 11.5 Å². The molecule has 1 heterocycles. The Morgan fingerprint density at radius 3 is 2.80 bits per heavy atom. The molecule has 0 bridgehead atoms. The summed E-state index contributed by atoms with van der Waals surface area (Å²) in [6.07, 6.45) is 1.58. The molecule has 4 heteroatoms. The van der Waals surface area contributed by atoms with Crippen molar-refractivity contribution < 1.29 is 8.78 Å². The number of rotatable bonds is 2. The van der Waals surface area contributed by atoms with Gasteiger partial charge in [-0.3, -0.25) is 4.98 Å². The van der Waals surface area contributed by atoms with Crippen LogP contribution in [0.3, 0.4) is 0 Å². The Balaban J connectivity index is 2.56. The lowest BCUT2D eigenvalue weighted by Gasteiger charge is -2.14. The van der Waals surface area contributed by atoms with Crippen LogP contribution >= 0.6 is 0 Å². The van der Waals surface area contributed by atoms with E-state index in [1.54, 1.807) is 18.3 Å². The molecule has 0 spiro atoms. The standard InChI is InChI=1S/C11H10F2N2/c12-11(13,7-14)9-4-3-8-2-1-5-15-10(8)6-9/h1-6H,7,14H2. The molecule has 2 N–H and O–H groups in total. The molecule has 1 aromatic carbocycles. The van der Waals surface area contributed by atoms with Crippen LogP contribution in [0.4, 0.5) is 8.78 Å². The van der Waals surface area contributed by atoms with Gasteiger partial charge in [-0.15, -0.1) is 0 Å². The van der Waals surface area contributed by atoms with Crippen molar-refractivity contribution in [2.75, 3.05) is 6.54 Å². The third kappa shape index (κ3) is 1.80. The molecule has 0 saturated heterocycles. The zero-order chi connectivity index (χ0) is 10.9. The Bertz CT molecular complexity index is 483. The maximum atomic E-state index is 13.3. The highest BCUT2D eigenvalue weighted by molar-refractivity contribution is 5.79. The number of aromatic nitrogens is 1. The predicted molar refractivity (Wildman–Crippen MR) is 54.7 cm³/mol. The minimum Gasteiger partial charge on any atom is -0.325 e. The highest BCUT2D eigenvalue weighted by Crippen LogP contribution is 2.28. The SMILES string of the molecule is NCC(F)(F)c1ccc2cccnc2c1. The fraction of sp³-hybridized carbons (Fsp3) is 0.182. The number of pyridine rings is 1. The first kappa shape index (κ1) is 9.98. The zero-order valence-corrected chi connectivity index (χ0v) is 7.95. The average Bonchev–Trinajstić information content (AvgIpc) is 2.28. The Labute approximate surface area is 85.7 Å². The van der Waals surface area contributed by atoms with Crippen molar-refractivity contribution in [2.24, 2.45) is 5.73 Å². The molecular weight excluding hydrogens is 198 g/mol. The monoisotopic (exact) mass is 208 g/mol. The molecule has 15 heavy (non-hydrogen) atoms. The summed E-state index contributed by atoms with van der Waals surface area (Å²) < 4.78 is 26.5. The zero-order valence-electron chi connectivity index (χ0n) is 7.95. The summed E-state index contributed by atoms with van der Waals surface area (Å²) in [4.78, 5) is 4.02. The van der Waals surface area contributed by atoms with Gasteiger partial charge >= 0.3 is 0 Å². The molecule has 0 unspecified atom stereocenters. The van der Waals surface area contributed by atoms with Crippen LogP contribution in [0.15, 0.2) is 36.5 Å². The fourth-order valence-corrected chi connectivity index (χ4v) is 1.41. The molecule has 0 saturated carbocycles. The van der Waals surface area contributed by atoms with Gasteiger partial charge in [-0.2, -0.15) is 8.78 Å². The van der Waals surface area contributed by atoms with Crippen molar-refractivity contribution in [1.82, 2.24) is 4.98 Å². The molecule has 2 aromatic rings. The number of nitrogens with two attached hydrogens (primary N) is 1. The summed E-state index contributed by atoms with van der Waals surface area (Å²) in [6, 6.07) is 7.98. The average molecular weight is 208 g/mol. The van der Waals surface area contributed by atoms with E-state index in [0.717, 1.165) is 5.39 Å². The predicted octanol–water partition coefficient (Wildman–Crippen LogP) is 2.29. The van der Waals surface area contributed by atoms with Crippen LogP contribution in [0.1, 0.15) is 5.56 Å². The number of halogens is 2. The second kappa shape index (κ2) is 3.55. The number of hydrogen-bond donors (Lipinski definition) is 1. The van der Waals surface area contributed by atoms with Crippen LogP contribution in [-0.2, 0) is 5.92 Å². The van der Waals surface area contributed by atoms with Crippen molar-refractivity contribution in [3.05, 3.63) is 42.1 Å². The number of nitrogens with zero attached hydrogens (tertiary/aromatic N) is 1. The second-order valence-electron chi connectivity index (χ2n) is 3.32. The van der Waals surface area contributed by atoms with E-state index in [9.17, 15) is 8.78 Å². The van der Waals surface area contributed by atoms with Crippen LogP contribution in [0, 0.1) is 0 Å². The highest BCUT2D eigenvalue weighted by atomic mass is 19.3. The number of fused-ring (bicyclic) bond motifs is 1. The summed E-state index contributed by atoms with van der Waals surface area (Å²) in [5.74, 6) is -2.98. The molecule has 2 rings (SSSR count). The van der Waals surface area contributed by atoms with Gasteiger partial charge in [0.2, 0.25) is 0 Å². The van der Waals surface area contributed by atoms with Gasteiger partial charge in [0.25, 0.3) is 5.92 Å². The van der Waals surface area contributed by atoms with Gasteiger partial charge in [-0.05, 0) is 12.1 Å². The molecule has 0 amide bonds. The molecule has 0 atom stereocenters. The first-order chi connectivity index (χ1) is 7.13. The normalized spacial score (nSPS) is 11.9. The third-order valence-electron chi connectivity index (χ3n) is 2.28. The van der Waals surface area contributed by atoms with E-state index in [1.807, 2.05) is 6.07 Å². The summed E-state index contributed by atoms with van der Waals surface area (Å²) in [5.41, 5.74) is 5.48. The van der Waals surface area contributed by atoms with Gasteiger partial charge < -0.3 is 5.73 Å². The Hall–Kier alpha value is -1.55. The summed E-state index contributed by atoms with van der Waals surface area (Å²) in [7, 11) is 0. The van der Waals surface area contributed by atoms with Crippen molar-refractivity contribution in [3.63, 3.8) is 0 Å². The molecule has 78 valence electrons. The maximum absolute atomic E-state index is 13.3. The molecule has 0 aliphatic heterocycles. The van der Waals surface area contributed by atoms with Crippen LogP contribution in [0.5, 0.6) is 0 Å². The summed E-state index contributed by atoms with van der Waals surface area (Å²) in [5, 5.41) is 0.842. The van der Waals surface area contributed by atoms with Gasteiger partial charge in [0, 0.05) is 17.1 Å². The van der Waals surface area contributed by atoms with Gasteiger partial charge in [-0.1, -0.05) is 18.2 Å². The minimum absolute atomic E-state index is 0.0869. The lowest BCUT2D eigenvalue weighted by molar-refractivity contribution is 0.00607. The van der Waals surface area contributed by atoms with E-state index in [4.69, 9.17) is 5.73 Å². The molecule has 2 nitrogen and oxygen atoms in total. The van der Waals surface area contributed by atoms with E-state index in [1.165, 1.54) is 12.1 Å². The molecule has 1 aromatic heterocycles. The molecule has 0 fully saturated rings. The maximum Gasteiger partial charge on any atom is 0.285 e. The molecule has 0 radical (unpaired) electrons. The highest BCUT2D eigenvalue weighted by Gasteiger charge is 2.29. The van der Waals surface area contributed by atoms with Crippen molar-refractivity contribution in [1.29, 1.82) is 0 Å². The summed E-state index contributed by atoms with van der Waals surface area (Å²) >= 11 is 0. The van der Waals surface area contributed by atoms with E-state index >= 15 is 0 Å². The van der Waals surface area contributed by atoms with Crippen LogP contribution in [0.2, 0.25) is 0 Å². The minimum atomic E-state index is -2.98. The first-order valence-electron chi connectivity index (χ1n) is 4.56. The Morgan fingerprint density at radius 1 is 1.27 bits per heavy atom. The van der Waals surface area contributed by atoms with Crippen molar-refractivity contribution in [2.45, 2.75) is 5.92 Å². The summed E-state index contributed by atoms with van der Waals surface area (Å²) in [6.45, 7) is -0.689. The third-order valence-corrected chi connectivity index (χ3v) is 2.28. The number of alkyl halides is 2. The quantitative estimate of drug-likeness (QED) is 0.822. The van der Waals surface area contributed by atoms with Crippen molar-refractivity contribution in [3.8, 4) is 0 Å². The fourth-order valence-electron chi connectivity index (χ4n) is 1.41. The van der Waals surface area contributed by atoms with Gasteiger partial charge in [-0.25, -0.2) is 0 Å². The van der Waals surface area contributed by atoms with Crippen molar-refractivity contribution >= 4 is 10.9 Å². The topological polar surface area (TPSA) is 38.9 Å². The van der Waals surface area contributed by atoms with Crippen LogP contribution < -0.4 is 5.73 Å².